The van der Waals surface area contributed by atoms with Gasteiger partial charge in [0.25, 0.3) is 0 Å². The number of nitrogens with one attached hydrogen (secondary N) is 2. The zero-order chi connectivity index (χ0) is 24.3. The van der Waals surface area contributed by atoms with Gasteiger partial charge in [0, 0.05) is 42.8 Å². The van der Waals surface area contributed by atoms with E-state index in [9.17, 15) is 9.59 Å². The van der Waals surface area contributed by atoms with E-state index in [4.69, 9.17) is 4.74 Å². The third kappa shape index (κ3) is 7.66. The number of thioether (sulfide) groups is 1. The van der Waals surface area contributed by atoms with Crippen LogP contribution in [0, 0.1) is 0 Å². The lowest BCUT2D eigenvalue weighted by Crippen LogP contribution is -2.36. The predicted octanol–water partition coefficient (Wildman–Crippen LogP) is 4.12. The molecule has 1 aliphatic rings. The van der Waals surface area contributed by atoms with Crippen molar-refractivity contribution in [3.05, 3.63) is 84.2 Å². The van der Waals surface area contributed by atoms with E-state index >= 15 is 0 Å². The van der Waals surface area contributed by atoms with Crippen molar-refractivity contribution < 1.29 is 14.3 Å². The Balaban J connectivity index is 1.24. The smallest absolute Gasteiger partial charge is 0.319 e. The molecule has 2 N–H and O–H groups in total. The van der Waals surface area contributed by atoms with Crippen LogP contribution in [-0.2, 0) is 4.74 Å². The zero-order valence-corrected chi connectivity index (χ0v) is 20.0. The van der Waals surface area contributed by atoms with Crippen LogP contribution in [0.2, 0.25) is 0 Å². The topological polar surface area (TPSA) is 96.5 Å². The molecule has 35 heavy (non-hydrogen) atoms. The molecule has 0 saturated carbocycles. The van der Waals surface area contributed by atoms with Crippen LogP contribution < -0.4 is 15.5 Å². The molecule has 3 aromatic rings. The number of aromatic nitrogens is 2. The maximum absolute atomic E-state index is 12.6. The van der Waals surface area contributed by atoms with Crippen LogP contribution in [0.15, 0.2) is 78.0 Å². The van der Waals surface area contributed by atoms with Crippen molar-refractivity contribution in [1.29, 1.82) is 0 Å². The molecule has 4 rings (SSSR count). The Morgan fingerprint density at radius 1 is 1.03 bits per heavy atom. The second-order valence-corrected chi connectivity index (χ2v) is 8.81. The monoisotopic (exact) mass is 489 g/mol. The first-order chi connectivity index (χ1) is 17.2. The first kappa shape index (κ1) is 24.4. The predicted molar refractivity (Wildman–Crippen MR) is 139 cm³/mol. The summed E-state index contributed by atoms with van der Waals surface area (Å²) >= 11 is 1.58. The number of morpholine rings is 1. The van der Waals surface area contributed by atoms with Crippen LogP contribution in [-0.4, -0.2) is 60.4 Å². The summed E-state index contributed by atoms with van der Waals surface area (Å²) in [5.74, 6) is 1.46. The van der Waals surface area contributed by atoms with Gasteiger partial charge in [0.15, 0.2) is 5.78 Å². The lowest BCUT2D eigenvalue weighted by Gasteiger charge is -2.27. The van der Waals surface area contributed by atoms with Crippen molar-refractivity contribution in [3.8, 4) is 0 Å². The number of pyridine rings is 2. The molecule has 1 saturated heterocycles. The number of urea groups is 1. The van der Waals surface area contributed by atoms with Crippen molar-refractivity contribution in [2.45, 2.75) is 5.03 Å². The van der Waals surface area contributed by atoms with Crippen molar-refractivity contribution in [2.24, 2.45) is 0 Å². The molecule has 2 amide bonds. The number of carbonyl (C=O) groups is 2. The summed E-state index contributed by atoms with van der Waals surface area (Å²) in [7, 11) is 0. The highest BCUT2D eigenvalue weighted by Crippen LogP contribution is 2.16. The highest BCUT2D eigenvalue weighted by atomic mass is 32.2. The maximum Gasteiger partial charge on any atom is 0.319 e. The lowest BCUT2D eigenvalue weighted by molar-refractivity contribution is 0.104. The fourth-order valence-electron chi connectivity index (χ4n) is 3.40. The Hall–Kier alpha value is -3.69. The third-order valence-corrected chi connectivity index (χ3v) is 6.14. The van der Waals surface area contributed by atoms with Crippen LogP contribution >= 0.6 is 11.8 Å². The highest BCUT2D eigenvalue weighted by molar-refractivity contribution is 7.99. The highest BCUT2D eigenvalue weighted by Gasteiger charge is 2.12. The van der Waals surface area contributed by atoms with E-state index in [1.54, 1.807) is 48.3 Å². The molecule has 1 aromatic carbocycles. The Labute approximate surface area is 208 Å². The maximum atomic E-state index is 12.6. The summed E-state index contributed by atoms with van der Waals surface area (Å²) in [5.41, 5.74) is 1.86. The first-order valence-electron chi connectivity index (χ1n) is 11.4. The Bertz CT molecular complexity index is 1150. The molecule has 0 atom stereocenters. The van der Waals surface area contributed by atoms with Gasteiger partial charge in [-0.05, 0) is 60.7 Å². The van der Waals surface area contributed by atoms with Gasteiger partial charge in [-0.3, -0.25) is 4.79 Å². The number of benzene rings is 1. The molecular weight excluding hydrogens is 462 g/mol. The summed E-state index contributed by atoms with van der Waals surface area (Å²) < 4.78 is 5.39. The molecule has 0 spiro atoms. The van der Waals surface area contributed by atoms with Crippen LogP contribution in [0.5, 0.6) is 0 Å². The minimum atomic E-state index is -0.295. The minimum Gasteiger partial charge on any atom is -0.378 e. The number of anilines is 2. The van der Waals surface area contributed by atoms with E-state index in [2.05, 4.69) is 25.5 Å². The number of allylic oxidation sites excluding steroid dienone is 1. The normalized spacial score (nSPS) is 13.5. The number of amides is 2. The molecule has 180 valence electrons. The molecule has 1 aliphatic heterocycles. The average Bonchev–Trinajstić information content (AvgIpc) is 2.91. The number of nitrogens with zero attached hydrogens (tertiary/aromatic N) is 3. The van der Waals surface area contributed by atoms with Gasteiger partial charge in [0.2, 0.25) is 0 Å². The fraction of sp³-hybridized carbons (Fsp3) is 0.231. The minimum absolute atomic E-state index is 0.133. The summed E-state index contributed by atoms with van der Waals surface area (Å²) in [6, 6.07) is 18.0. The number of hydrogen-bond acceptors (Lipinski definition) is 7. The summed E-state index contributed by atoms with van der Waals surface area (Å²) in [6.45, 7) is 3.51. The Morgan fingerprint density at radius 2 is 1.86 bits per heavy atom. The quantitative estimate of drug-likeness (QED) is 0.202. The molecule has 9 heteroatoms. The largest absolute Gasteiger partial charge is 0.378 e. The number of ketones is 1. The molecule has 0 radical (unpaired) electrons. The van der Waals surface area contributed by atoms with Crippen LogP contribution in [0.3, 0.4) is 0 Å². The number of hydrogen-bond donors (Lipinski definition) is 2. The molecular formula is C26H27N5O3S. The van der Waals surface area contributed by atoms with Crippen molar-refractivity contribution in [3.63, 3.8) is 0 Å². The molecule has 0 unspecified atom stereocenters. The van der Waals surface area contributed by atoms with Gasteiger partial charge in [-0.2, -0.15) is 0 Å². The standard InChI is InChI=1S/C26H27N5O3S/c32-23(12-11-21-4-3-5-24(29-21)31-15-17-34-18-16-31)20-7-9-22(10-8-20)30-26(33)28-14-19-35-25-6-1-2-13-27-25/h1-13H,14-19H2,(H2,28,30,33)/b12-11+. The summed E-state index contributed by atoms with van der Waals surface area (Å²) in [6.07, 6.45) is 4.97. The summed E-state index contributed by atoms with van der Waals surface area (Å²) in [4.78, 5) is 35.7. The molecule has 0 bridgehead atoms. The average molecular weight is 490 g/mol. The number of carbonyl (C=O) groups excluding carboxylic acids is 2. The number of ether oxygens (including phenoxy) is 1. The van der Waals surface area contributed by atoms with Crippen molar-refractivity contribution in [1.82, 2.24) is 15.3 Å². The molecule has 0 aliphatic carbocycles. The van der Waals surface area contributed by atoms with Gasteiger partial charge in [0.1, 0.15) is 5.82 Å². The van der Waals surface area contributed by atoms with Crippen molar-refractivity contribution >= 4 is 41.2 Å². The summed E-state index contributed by atoms with van der Waals surface area (Å²) in [5, 5.41) is 6.51. The van der Waals surface area contributed by atoms with Crippen LogP contribution in [0.25, 0.3) is 6.08 Å². The fourth-order valence-corrected chi connectivity index (χ4v) is 4.13. The zero-order valence-electron chi connectivity index (χ0n) is 19.2. The van der Waals surface area contributed by atoms with Gasteiger partial charge in [-0.25, -0.2) is 14.8 Å². The number of rotatable bonds is 9. The second-order valence-electron chi connectivity index (χ2n) is 7.69. The van der Waals surface area contributed by atoms with Gasteiger partial charge in [-0.15, -0.1) is 11.8 Å². The molecule has 3 heterocycles. The van der Waals surface area contributed by atoms with E-state index < -0.39 is 0 Å². The van der Waals surface area contributed by atoms with Gasteiger partial charge >= 0.3 is 6.03 Å². The Morgan fingerprint density at radius 3 is 2.63 bits per heavy atom. The third-order valence-electron chi connectivity index (χ3n) is 5.20. The van der Waals surface area contributed by atoms with Crippen LogP contribution in [0.1, 0.15) is 16.1 Å². The van der Waals surface area contributed by atoms with E-state index in [0.29, 0.717) is 36.8 Å². The first-order valence-corrected chi connectivity index (χ1v) is 12.4. The van der Waals surface area contributed by atoms with Gasteiger partial charge in [-0.1, -0.05) is 12.1 Å². The van der Waals surface area contributed by atoms with Crippen molar-refractivity contribution in [2.75, 3.05) is 48.8 Å². The van der Waals surface area contributed by atoms with E-state index in [0.717, 1.165) is 29.6 Å². The Kier molecular flexibility index (Phi) is 8.85. The van der Waals surface area contributed by atoms with E-state index in [1.807, 2.05) is 36.4 Å². The van der Waals surface area contributed by atoms with E-state index in [-0.39, 0.29) is 11.8 Å². The van der Waals surface area contributed by atoms with Crippen LogP contribution in [0.4, 0.5) is 16.3 Å². The lowest BCUT2D eigenvalue weighted by atomic mass is 10.1. The molecule has 8 nitrogen and oxygen atoms in total. The second kappa shape index (κ2) is 12.7. The van der Waals surface area contributed by atoms with Gasteiger partial charge < -0.3 is 20.3 Å². The molecule has 2 aromatic heterocycles. The molecule has 1 fully saturated rings. The van der Waals surface area contributed by atoms with E-state index in [1.165, 1.54) is 6.08 Å². The SMILES string of the molecule is O=C(NCCSc1ccccn1)Nc1ccc(C(=O)/C=C/c2cccc(N3CCOCC3)n2)cc1. The van der Waals surface area contributed by atoms with Gasteiger partial charge in [0.05, 0.1) is 23.9 Å².